The molecule has 1 atom stereocenters. The molecule has 1 unspecified atom stereocenters. The van der Waals surface area contributed by atoms with E-state index in [9.17, 15) is 9.59 Å². The number of carboxylic acid groups (broad SMARTS) is 1. The van der Waals surface area contributed by atoms with Crippen LogP contribution in [-0.4, -0.2) is 28.5 Å². The molecule has 0 fully saturated rings. The van der Waals surface area contributed by atoms with Crippen LogP contribution < -0.4 is 10.1 Å². The van der Waals surface area contributed by atoms with Crippen LogP contribution in [0.1, 0.15) is 87.9 Å². The van der Waals surface area contributed by atoms with Crippen LogP contribution in [0.4, 0.5) is 0 Å². The van der Waals surface area contributed by atoms with Gasteiger partial charge >= 0.3 is 5.97 Å². The number of carbonyl (C=O) groups is 2. The maximum atomic E-state index is 12.3. The van der Waals surface area contributed by atoms with E-state index in [1.54, 1.807) is 18.3 Å². The van der Waals surface area contributed by atoms with Gasteiger partial charge in [-0.15, -0.1) is 0 Å². The lowest BCUT2D eigenvalue weighted by Gasteiger charge is -2.21. The number of carboxylic acids is 1. The summed E-state index contributed by atoms with van der Waals surface area (Å²) in [4.78, 5) is 27.7. The summed E-state index contributed by atoms with van der Waals surface area (Å²) in [5.74, 6) is 0.0802. The summed E-state index contributed by atoms with van der Waals surface area (Å²) in [5.41, 5.74) is 4.83. The summed E-state index contributed by atoms with van der Waals surface area (Å²) >= 11 is 0. The standard InChI is InChI=1S/C32H40N2O4/c1-22(2)7-6-8-29(24-9-11-25(12-10-24)31(37)33-20-19-30(35)36)38-27-17-18-28(34-21-27)23-13-15-26(16-14-23)32(3,4)5/h9-18,21-22,29H,6-8,19-20H2,1-5H3,(H,33,37)(H,35,36). The molecule has 1 heterocycles. The van der Waals surface area contributed by atoms with Crippen molar-refractivity contribution in [2.75, 3.05) is 6.54 Å². The Kier molecular flexibility index (Phi) is 10.1. The Hall–Kier alpha value is -3.67. The fourth-order valence-electron chi connectivity index (χ4n) is 4.17. The van der Waals surface area contributed by atoms with Gasteiger partial charge in [-0.2, -0.15) is 0 Å². The van der Waals surface area contributed by atoms with Gasteiger partial charge in [0.1, 0.15) is 11.9 Å². The average Bonchev–Trinajstić information content (AvgIpc) is 2.88. The third-order valence-corrected chi connectivity index (χ3v) is 6.48. The van der Waals surface area contributed by atoms with Crippen molar-refractivity contribution in [3.05, 3.63) is 83.6 Å². The number of nitrogens with one attached hydrogen (secondary N) is 1. The van der Waals surface area contributed by atoms with Crippen LogP contribution in [0.2, 0.25) is 0 Å². The number of aliphatic carboxylic acids is 1. The molecule has 2 N–H and O–H groups in total. The van der Waals surface area contributed by atoms with Crippen molar-refractivity contribution in [2.24, 2.45) is 5.92 Å². The van der Waals surface area contributed by atoms with Gasteiger partial charge in [0.25, 0.3) is 5.91 Å². The first-order chi connectivity index (χ1) is 18.0. The number of benzene rings is 2. The molecule has 0 aliphatic carbocycles. The van der Waals surface area contributed by atoms with Crippen LogP contribution in [0.3, 0.4) is 0 Å². The Morgan fingerprint density at radius 1 is 0.947 bits per heavy atom. The van der Waals surface area contributed by atoms with E-state index in [4.69, 9.17) is 9.84 Å². The molecule has 3 aromatic rings. The Morgan fingerprint density at radius 2 is 1.63 bits per heavy atom. The van der Waals surface area contributed by atoms with E-state index in [1.165, 1.54) is 5.56 Å². The van der Waals surface area contributed by atoms with Gasteiger partial charge in [-0.25, -0.2) is 0 Å². The smallest absolute Gasteiger partial charge is 0.305 e. The summed E-state index contributed by atoms with van der Waals surface area (Å²) in [5, 5.41) is 11.4. The monoisotopic (exact) mass is 516 g/mol. The van der Waals surface area contributed by atoms with Gasteiger partial charge in [0.15, 0.2) is 0 Å². The van der Waals surface area contributed by atoms with E-state index in [1.807, 2.05) is 24.3 Å². The zero-order chi connectivity index (χ0) is 27.7. The Bertz CT molecular complexity index is 1180. The maximum Gasteiger partial charge on any atom is 0.305 e. The first-order valence-electron chi connectivity index (χ1n) is 13.4. The van der Waals surface area contributed by atoms with Gasteiger partial charge in [0, 0.05) is 17.7 Å². The molecule has 6 heteroatoms. The molecule has 0 saturated heterocycles. The molecule has 6 nitrogen and oxygen atoms in total. The Morgan fingerprint density at radius 3 is 2.18 bits per heavy atom. The number of aromatic nitrogens is 1. The van der Waals surface area contributed by atoms with Gasteiger partial charge in [-0.05, 0) is 59.6 Å². The molecule has 2 aromatic carbocycles. The van der Waals surface area contributed by atoms with Crippen molar-refractivity contribution in [3.8, 4) is 17.0 Å². The Labute approximate surface area is 226 Å². The first-order valence-corrected chi connectivity index (χ1v) is 13.4. The number of rotatable bonds is 12. The number of hydrogen-bond donors (Lipinski definition) is 2. The molecule has 0 bridgehead atoms. The van der Waals surface area contributed by atoms with Crippen LogP contribution >= 0.6 is 0 Å². The summed E-state index contributed by atoms with van der Waals surface area (Å²) < 4.78 is 6.40. The Balaban J connectivity index is 1.71. The molecule has 1 aromatic heterocycles. The van der Waals surface area contributed by atoms with Gasteiger partial charge in [0.05, 0.1) is 18.3 Å². The van der Waals surface area contributed by atoms with Crippen molar-refractivity contribution in [1.82, 2.24) is 10.3 Å². The fourth-order valence-corrected chi connectivity index (χ4v) is 4.17. The molecule has 38 heavy (non-hydrogen) atoms. The minimum Gasteiger partial charge on any atom is -0.484 e. The van der Waals surface area contributed by atoms with Crippen LogP contribution in [0.5, 0.6) is 5.75 Å². The highest BCUT2D eigenvalue weighted by Gasteiger charge is 2.17. The van der Waals surface area contributed by atoms with Crippen LogP contribution in [0, 0.1) is 5.92 Å². The van der Waals surface area contributed by atoms with Crippen molar-refractivity contribution < 1.29 is 19.4 Å². The van der Waals surface area contributed by atoms with E-state index in [0.29, 0.717) is 17.2 Å². The van der Waals surface area contributed by atoms with Crippen molar-refractivity contribution in [1.29, 1.82) is 0 Å². The van der Waals surface area contributed by atoms with Gasteiger partial charge in [-0.1, -0.05) is 77.4 Å². The van der Waals surface area contributed by atoms with E-state index in [2.05, 4.69) is 69.2 Å². The van der Waals surface area contributed by atoms with Crippen LogP contribution in [0.25, 0.3) is 11.3 Å². The normalized spacial score (nSPS) is 12.3. The largest absolute Gasteiger partial charge is 0.484 e. The second kappa shape index (κ2) is 13.2. The van der Waals surface area contributed by atoms with Crippen molar-refractivity contribution in [2.45, 2.75) is 71.8 Å². The lowest BCUT2D eigenvalue weighted by molar-refractivity contribution is -0.136. The summed E-state index contributed by atoms with van der Waals surface area (Å²) in [6.07, 6.45) is 4.46. The summed E-state index contributed by atoms with van der Waals surface area (Å²) in [6.45, 7) is 11.1. The highest BCUT2D eigenvalue weighted by atomic mass is 16.5. The van der Waals surface area contributed by atoms with E-state index in [-0.39, 0.29) is 30.4 Å². The molecule has 0 aliphatic rings. The zero-order valence-corrected chi connectivity index (χ0v) is 23.2. The zero-order valence-electron chi connectivity index (χ0n) is 23.2. The number of ether oxygens (including phenoxy) is 1. The summed E-state index contributed by atoms with van der Waals surface area (Å²) in [7, 11) is 0. The highest BCUT2D eigenvalue weighted by molar-refractivity contribution is 5.94. The van der Waals surface area contributed by atoms with Gasteiger partial charge in [0.2, 0.25) is 0 Å². The van der Waals surface area contributed by atoms with E-state index >= 15 is 0 Å². The molecular weight excluding hydrogens is 476 g/mol. The number of hydrogen-bond acceptors (Lipinski definition) is 4. The number of amides is 1. The third-order valence-electron chi connectivity index (χ3n) is 6.48. The first kappa shape index (κ1) is 28.9. The predicted octanol–water partition coefficient (Wildman–Crippen LogP) is 7.20. The molecule has 202 valence electrons. The molecule has 0 aliphatic heterocycles. The minimum atomic E-state index is -0.942. The average molecular weight is 517 g/mol. The third kappa shape index (κ3) is 8.72. The van der Waals surface area contributed by atoms with Gasteiger partial charge < -0.3 is 15.2 Å². The van der Waals surface area contributed by atoms with Crippen LogP contribution in [-0.2, 0) is 10.2 Å². The molecule has 0 saturated carbocycles. The lowest BCUT2D eigenvalue weighted by atomic mass is 9.86. The topological polar surface area (TPSA) is 88.5 Å². The lowest BCUT2D eigenvalue weighted by Crippen LogP contribution is -2.26. The van der Waals surface area contributed by atoms with E-state index < -0.39 is 5.97 Å². The molecular formula is C32H40N2O4. The number of carbonyl (C=O) groups excluding carboxylic acids is 1. The molecule has 0 radical (unpaired) electrons. The van der Waals surface area contributed by atoms with Crippen molar-refractivity contribution in [3.63, 3.8) is 0 Å². The van der Waals surface area contributed by atoms with Crippen LogP contribution in [0.15, 0.2) is 66.9 Å². The fraction of sp³-hybridized carbons (Fsp3) is 0.406. The number of nitrogens with zero attached hydrogens (tertiary/aromatic N) is 1. The molecule has 3 rings (SSSR count). The highest BCUT2D eigenvalue weighted by Crippen LogP contribution is 2.30. The predicted molar refractivity (Wildman–Crippen MR) is 151 cm³/mol. The van der Waals surface area contributed by atoms with Crippen molar-refractivity contribution >= 4 is 11.9 Å². The van der Waals surface area contributed by atoms with E-state index in [0.717, 1.165) is 36.1 Å². The maximum absolute atomic E-state index is 12.3. The molecule has 1 amide bonds. The quantitative estimate of drug-likeness (QED) is 0.266. The second-order valence-electron chi connectivity index (χ2n) is 11.2. The summed E-state index contributed by atoms with van der Waals surface area (Å²) in [6, 6.07) is 19.8. The number of pyridine rings is 1. The molecule has 0 spiro atoms. The second-order valence-corrected chi connectivity index (χ2v) is 11.2. The minimum absolute atomic E-state index is 0.0978. The van der Waals surface area contributed by atoms with Gasteiger partial charge in [-0.3, -0.25) is 14.6 Å². The SMILES string of the molecule is CC(C)CCCC(Oc1ccc(-c2ccc(C(C)(C)C)cc2)nc1)c1ccc(C(=O)NCCC(=O)O)cc1.